The Morgan fingerprint density at radius 3 is 2.48 bits per heavy atom. The fourth-order valence-electron chi connectivity index (χ4n) is 3.07. The molecule has 6 heteroatoms. The molecule has 138 valence electrons. The summed E-state index contributed by atoms with van der Waals surface area (Å²) < 4.78 is 0. The van der Waals surface area contributed by atoms with Crippen LogP contribution < -0.4 is 10.6 Å². The highest BCUT2D eigenvalue weighted by molar-refractivity contribution is 5.93. The van der Waals surface area contributed by atoms with Gasteiger partial charge < -0.3 is 15.5 Å². The lowest BCUT2D eigenvalue weighted by Gasteiger charge is -2.22. The van der Waals surface area contributed by atoms with Crippen LogP contribution in [0.25, 0.3) is 0 Å². The molecule has 6 nitrogen and oxygen atoms in total. The zero-order valence-corrected chi connectivity index (χ0v) is 15.6. The van der Waals surface area contributed by atoms with Crippen LogP contribution >= 0.6 is 0 Å². The number of rotatable bonds is 5. The number of carbonyl (C=O) groups is 2. The number of aryl methyl sites for hydroxylation is 2. The number of hydrogen-bond donors (Lipinski definition) is 2. The molecule has 0 aliphatic carbocycles. The molecule has 1 aliphatic rings. The van der Waals surface area contributed by atoms with Crippen LogP contribution in [0.5, 0.6) is 0 Å². The van der Waals surface area contributed by atoms with Crippen molar-refractivity contribution in [3.8, 4) is 0 Å². The first-order chi connectivity index (χ1) is 12.0. The molecule has 0 saturated carbocycles. The third-order valence-corrected chi connectivity index (χ3v) is 4.51. The molecule has 0 unspecified atom stereocenters. The number of benzene rings is 1. The van der Waals surface area contributed by atoms with E-state index in [0.717, 1.165) is 49.3 Å². The normalized spacial score (nSPS) is 15.6. The van der Waals surface area contributed by atoms with Crippen molar-refractivity contribution in [3.63, 3.8) is 0 Å². The molecule has 0 spiro atoms. The predicted molar refractivity (Wildman–Crippen MR) is 101 cm³/mol. The van der Waals surface area contributed by atoms with Gasteiger partial charge in [-0.2, -0.15) is 0 Å². The zero-order chi connectivity index (χ0) is 18.2. The Morgan fingerprint density at radius 2 is 1.80 bits per heavy atom. The fraction of sp³-hybridized carbons (Fsp3) is 0.579. The lowest BCUT2D eigenvalue weighted by Crippen LogP contribution is -2.42. The highest BCUT2D eigenvalue weighted by Crippen LogP contribution is 2.19. The Kier molecular flexibility index (Phi) is 7.25. The van der Waals surface area contributed by atoms with Crippen LogP contribution in [0.4, 0.5) is 10.5 Å². The summed E-state index contributed by atoms with van der Waals surface area (Å²) >= 11 is 0. The Balaban J connectivity index is 1.85. The van der Waals surface area contributed by atoms with E-state index in [1.165, 1.54) is 0 Å². The van der Waals surface area contributed by atoms with Crippen molar-refractivity contribution < 1.29 is 9.59 Å². The molecule has 2 rings (SSSR count). The van der Waals surface area contributed by atoms with Gasteiger partial charge in [-0.1, -0.05) is 25.1 Å². The summed E-state index contributed by atoms with van der Waals surface area (Å²) in [5.74, 6) is 0.00119. The van der Waals surface area contributed by atoms with Crippen LogP contribution in [-0.4, -0.2) is 61.0 Å². The van der Waals surface area contributed by atoms with Crippen LogP contribution in [-0.2, 0) is 4.79 Å². The molecule has 25 heavy (non-hydrogen) atoms. The highest BCUT2D eigenvalue weighted by Gasteiger charge is 2.20. The van der Waals surface area contributed by atoms with Crippen LogP contribution in [0.3, 0.4) is 0 Å². The largest absolute Gasteiger partial charge is 0.338 e. The smallest absolute Gasteiger partial charge is 0.317 e. The molecular weight excluding hydrogens is 316 g/mol. The maximum Gasteiger partial charge on any atom is 0.317 e. The quantitative estimate of drug-likeness (QED) is 0.860. The van der Waals surface area contributed by atoms with Crippen LogP contribution in [0.1, 0.15) is 30.9 Å². The van der Waals surface area contributed by atoms with Gasteiger partial charge in [0, 0.05) is 38.4 Å². The molecule has 3 amide bonds. The average Bonchev–Trinajstić information content (AvgIpc) is 2.82. The Labute approximate surface area is 150 Å². The van der Waals surface area contributed by atoms with Gasteiger partial charge in [-0.05, 0) is 37.8 Å². The lowest BCUT2D eigenvalue weighted by atomic mass is 10.1. The number of urea groups is 1. The third-order valence-electron chi connectivity index (χ3n) is 4.51. The second-order valence-corrected chi connectivity index (χ2v) is 6.66. The van der Waals surface area contributed by atoms with E-state index in [1.54, 1.807) is 0 Å². The average molecular weight is 346 g/mol. The molecule has 1 aliphatic heterocycles. The standard InChI is InChI=1S/C19H30N4O2/c1-4-9-20-19(25)23-11-6-10-22(12-13-23)14-17(24)21-18-15(2)7-5-8-16(18)3/h5,7-8H,4,6,9-14H2,1-3H3,(H,20,25)(H,21,24). The van der Waals surface area contributed by atoms with E-state index in [9.17, 15) is 9.59 Å². The fourth-order valence-corrected chi connectivity index (χ4v) is 3.07. The highest BCUT2D eigenvalue weighted by atomic mass is 16.2. The van der Waals surface area contributed by atoms with Crippen molar-refractivity contribution in [3.05, 3.63) is 29.3 Å². The minimum absolute atomic E-state index is 0.00119. The number of nitrogens with zero attached hydrogens (tertiary/aromatic N) is 2. The van der Waals surface area contributed by atoms with Gasteiger partial charge in [0.05, 0.1) is 6.54 Å². The van der Waals surface area contributed by atoms with Crippen molar-refractivity contribution in [2.45, 2.75) is 33.6 Å². The molecule has 0 bridgehead atoms. The first kappa shape index (κ1) is 19.2. The summed E-state index contributed by atoms with van der Waals surface area (Å²) in [5, 5.41) is 5.95. The van der Waals surface area contributed by atoms with Gasteiger partial charge in [0.2, 0.25) is 5.91 Å². The number of carbonyl (C=O) groups excluding carboxylic acids is 2. The lowest BCUT2D eigenvalue weighted by molar-refractivity contribution is -0.117. The number of anilines is 1. The molecular formula is C19H30N4O2. The number of para-hydroxylation sites is 1. The number of nitrogens with one attached hydrogen (secondary N) is 2. The second-order valence-electron chi connectivity index (χ2n) is 6.66. The van der Waals surface area contributed by atoms with E-state index >= 15 is 0 Å². The van der Waals surface area contributed by atoms with Crippen LogP contribution in [0.2, 0.25) is 0 Å². The van der Waals surface area contributed by atoms with Gasteiger partial charge >= 0.3 is 6.03 Å². The molecule has 2 N–H and O–H groups in total. The molecule has 0 aromatic heterocycles. The van der Waals surface area contributed by atoms with Gasteiger partial charge in [-0.25, -0.2) is 4.79 Å². The van der Waals surface area contributed by atoms with Crippen LogP contribution in [0.15, 0.2) is 18.2 Å². The summed E-state index contributed by atoms with van der Waals surface area (Å²) in [5.41, 5.74) is 3.05. The molecule has 0 radical (unpaired) electrons. The third kappa shape index (κ3) is 5.74. The molecule has 0 atom stereocenters. The van der Waals surface area contributed by atoms with E-state index in [-0.39, 0.29) is 11.9 Å². The van der Waals surface area contributed by atoms with Crippen LogP contribution in [0, 0.1) is 13.8 Å². The summed E-state index contributed by atoms with van der Waals surface area (Å²) in [4.78, 5) is 28.4. The maximum absolute atomic E-state index is 12.4. The van der Waals surface area contributed by atoms with Crippen molar-refractivity contribution in [2.24, 2.45) is 0 Å². The Hall–Kier alpha value is -2.08. The van der Waals surface area contributed by atoms with Gasteiger partial charge in [-0.3, -0.25) is 9.69 Å². The molecule has 1 heterocycles. The Bertz CT molecular complexity index is 583. The van der Waals surface area contributed by atoms with E-state index < -0.39 is 0 Å². The Morgan fingerprint density at radius 1 is 1.08 bits per heavy atom. The van der Waals surface area contributed by atoms with Gasteiger partial charge in [0.25, 0.3) is 0 Å². The molecule has 1 aromatic rings. The molecule has 1 aromatic carbocycles. The van der Waals surface area contributed by atoms with Crippen molar-refractivity contribution in [1.29, 1.82) is 0 Å². The van der Waals surface area contributed by atoms with Crippen molar-refractivity contribution in [1.82, 2.24) is 15.1 Å². The predicted octanol–water partition coefficient (Wildman–Crippen LogP) is 2.37. The van der Waals surface area contributed by atoms with E-state index in [4.69, 9.17) is 0 Å². The van der Waals surface area contributed by atoms with Gasteiger partial charge in [0.15, 0.2) is 0 Å². The van der Waals surface area contributed by atoms with E-state index in [0.29, 0.717) is 19.6 Å². The van der Waals surface area contributed by atoms with E-state index in [1.807, 2.05) is 43.9 Å². The second kappa shape index (κ2) is 9.42. The molecule has 1 saturated heterocycles. The summed E-state index contributed by atoms with van der Waals surface area (Å²) in [6.07, 6.45) is 1.82. The monoisotopic (exact) mass is 346 g/mol. The summed E-state index contributed by atoms with van der Waals surface area (Å²) in [7, 11) is 0. The SMILES string of the molecule is CCCNC(=O)N1CCCN(CC(=O)Nc2c(C)cccc2C)CC1. The number of amides is 3. The minimum Gasteiger partial charge on any atom is -0.338 e. The number of hydrogen-bond acceptors (Lipinski definition) is 3. The van der Waals surface area contributed by atoms with Crippen molar-refractivity contribution in [2.75, 3.05) is 44.6 Å². The minimum atomic E-state index is 0.00119. The van der Waals surface area contributed by atoms with E-state index in [2.05, 4.69) is 15.5 Å². The zero-order valence-electron chi connectivity index (χ0n) is 15.6. The topological polar surface area (TPSA) is 64.7 Å². The summed E-state index contributed by atoms with van der Waals surface area (Å²) in [6, 6.07) is 6.00. The maximum atomic E-state index is 12.4. The molecule has 1 fully saturated rings. The van der Waals surface area contributed by atoms with Crippen molar-refractivity contribution >= 4 is 17.6 Å². The van der Waals surface area contributed by atoms with Gasteiger partial charge in [-0.15, -0.1) is 0 Å². The van der Waals surface area contributed by atoms with Gasteiger partial charge in [0.1, 0.15) is 0 Å². The first-order valence-corrected chi connectivity index (χ1v) is 9.12. The first-order valence-electron chi connectivity index (χ1n) is 9.12. The summed E-state index contributed by atoms with van der Waals surface area (Å²) in [6.45, 7) is 10.1.